The third-order valence-electron chi connectivity index (χ3n) is 3.44. The number of hydrogen-bond donors (Lipinski definition) is 1. The molecule has 108 valence electrons. The van der Waals surface area contributed by atoms with E-state index in [0.29, 0.717) is 12.0 Å². The Morgan fingerprint density at radius 1 is 1.15 bits per heavy atom. The second-order valence-corrected chi connectivity index (χ2v) is 6.79. The number of hydrogen-bond acceptors (Lipinski definition) is 3. The zero-order valence-electron chi connectivity index (χ0n) is 12.8. The van der Waals surface area contributed by atoms with Crippen molar-refractivity contribution in [2.75, 3.05) is 6.54 Å². The van der Waals surface area contributed by atoms with Gasteiger partial charge >= 0.3 is 0 Å². The summed E-state index contributed by atoms with van der Waals surface area (Å²) in [6.07, 6.45) is 1.01. The maximum absolute atomic E-state index is 4.61. The van der Waals surface area contributed by atoms with Crippen LogP contribution < -0.4 is 5.32 Å². The summed E-state index contributed by atoms with van der Waals surface area (Å²) < 4.78 is 0. The van der Waals surface area contributed by atoms with E-state index in [-0.39, 0.29) is 0 Å². The van der Waals surface area contributed by atoms with E-state index in [1.54, 1.807) is 11.3 Å². The Hall–Kier alpha value is -1.19. The minimum absolute atomic E-state index is 0.486. The molecule has 0 spiro atoms. The molecule has 1 atom stereocenters. The van der Waals surface area contributed by atoms with Gasteiger partial charge in [-0.15, -0.1) is 11.3 Å². The van der Waals surface area contributed by atoms with E-state index in [2.05, 4.69) is 67.6 Å². The van der Waals surface area contributed by atoms with Gasteiger partial charge in [0.05, 0.1) is 10.7 Å². The van der Waals surface area contributed by atoms with Gasteiger partial charge in [-0.1, -0.05) is 43.7 Å². The van der Waals surface area contributed by atoms with E-state index >= 15 is 0 Å². The predicted molar refractivity (Wildman–Crippen MR) is 87.6 cm³/mol. The van der Waals surface area contributed by atoms with Gasteiger partial charge in [-0.25, -0.2) is 4.98 Å². The summed E-state index contributed by atoms with van der Waals surface area (Å²) >= 11 is 1.74. The molecule has 0 aliphatic carbocycles. The normalized spacial score (nSPS) is 12.8. The van der Waals surface area contributed by atoms with Crippen LogP contribution in [-0.4, -0.2) is 17.6 Å². The molecular weight excluding hydrogens is 264 g/mol. The maximum atomic E-state index is 4.61. The molecule has 0 amide bonds. The molecular formula is C17H24N2S. The highest BCUT2D eigenvalue weighted by Crippen LogP contribution is 2.22. The van der Waals surface area contributed by atoms with Crippen LogP contribution in [0.3, 0.4) is 0 Å². The third kappa shape index (κ3) is 4.43. The van der Waals surface area contributed by atoms with Gasteiger partial charge in [-0.05, 0) is 25.8 Å². The molecule has 20 heavy (non-hydrogen) atoms. The van der Waals surface area contributed by atoms with E-state index in [4.69, 9.17) is 0 Å². The molecule has 2 nitrogen and oxygen atoms in total. The molecule has 0 saturated carbocycles. The third-order valence-corrected chi connectivity index (χ3v) is 4.27. The van der Waals surface area contributed by atoms with Gasteiger partial charge in [0.25, 0.3) is 0 Å². The standard InChI is InChI=1S/C17H24N2S/c1-12(2)18-10-16(9-17-11-20-14(4)19-17)15-7-5-13(3)6-8-15/h5-8,11-12,16,18H,9-10H2,1-4H3. The Balaban J connectivity index is 2.13. The first-order chi connectivity index (χ1) is 9.54. The highest BCUT2D eigenvalue weighted by Gasteiger charge is 2.14. The van der Waals surface area contributed by atoms with E-state index in [0.717, 1.165) is 18.0 Å². The van der Waals surface area contributed by atoms with Crippen LogP contribution in [0, 0.1) is 13.8 Å². The summed E-state index contributed by atoms with van der Waals surface area (Å²) in [5.41, 5.74) is 3.92. The van der Waals surface area contributed by atoms with Gasteiger partial charge < -0.3 is 5.32 Å². The molecule has 3 heteroatoms. The zero-order valence-corrected chi connectivity index (χ0v) is 13.6. The van der Waals surface area contributed by atoms with Crippen LogP contribution in [0.2, 0.25) is 0 Å². The Bertz CT molecular complexity index is 528. The van der Waals surface area contributed by atoms with Gasteiger partial charge in [-0.2, -0.15) is 0 Å². The number of benzene rings is 1. The molecule has 1 unspecified atom stereocenters. The van der Waals surface area contributed by atoms with Gasteiger partial charge in [0.1, 0.15) is 0 Å². The van der Waals surface area contributed by atoms with Crippen LogP contribution >= 0.6 is 11.3 Å². The highest BCUT2D eigenvalue weighted by atomic mass is 32.1. The number of aromatic nitrogens is 1. The number of nitrogens with zero attached hydrogens (tertiary/aromatic N) is 1. The smallest absolute Gasteiger partial charge is 0.0897 e. The summed E-state index contributed by atoms with van der Waals surface area (Å²) in [5, 5.41) is 6.90. The fourth-order valence-corrected chi connectivity index (χ4v) is 2.90. The van der Waals surface area contributed by atoms with E-state index < -0.39 is 0 Å². The van der Waals surface area contributed by atoms with Gasteiger partial charge in [-0.3, -0.25) is 0 Å². The van der Waals surface area contributed by atoms with Crippen molar-refractivity contribution in [2.45, 2.75) is 46.1 Å². The summed E-state index contributed by atoms with van der Waals surface area (Å²) in [7, 11) is 0. The number of thiazole rings is 1. The monoisotopic (exact) mass is 288 g/mol. The molecule has 0 radical (unpaired) electrons. The number of aryl methyl sites for hydroxylation is 2. The number of nitrogens with one attached hydrogen (secondary N) is 1. The Morgan fingerprint density at radius 3 is 2.40 bits per heavy atom. The molecule has 1 aromatic carbocycles. The molecule has 0 saturated heterocycles. The summed E-state index contributed by atoms with van der Waals surface area (Å²) in [6.45, 7) is 9.59. The lowest BCUT2D eigenvalue weighted by molar-refractivity contribution is 0.524. The van der Waals surface area contributed by atoms with Gasteiger partial charge in [0, 0.05) is 23.9 Å². The van der Waals surface area contributed by atoms with Crippen LogP contribution in [0.4, 0.5) is 0 Å². The molecule has 0 bridgehead atoms. The van der Waals surface area contributed by atoms with Crippen LogP contribution in [0.25, 0.3) is 0 Å². The second kappa shape index (κ2) is 7.00. The lowest BCUT2D eigenvalue weighted by Gasteiger charge is -2.19. The first-order valence-electron chi connectivity index (χ1n) is 7.25. The number of rotatable bonds is 6. The molecule has 0 aliphatic rings. The van der Waals surface area contributed by atoms with Crippen molar-refractivity contribution in [3.8, 4) is 0 Å². The van der Waals surface area contributed by atoms with Crippen LogP contribution in [0.15, 0.2) is 29.6 Å². The second-order valence-electron chi connectivity index (χ2n) is 5.73. The van der Waals surface area contributed by atoms with Crippen molar-refractivity contribution in [2.24, 2.45) is 0 Å². The minimum atomic E-state index is 0.486. The largest absolute Gasteiger partial charge is 0.314 e. The summed E-state index contributed by atoms with van der Waals surface area (Å²) in [6, 6.07) is 9.41. The molecule has 1 aromatic heterocycles. The Morgan fingerprint density at radius 2 is 1.85 bits per heavy atom. The van der Waals surface area contributed by atoms with Crippen molar-refractivity contribution in [1.82, 2.24) is 10.3 Å². The van der Waals surface area contributed by atoms with Crippen LogP contribution in [-0.2, 0) is 6.42 Å². The highest BCUT2D eigenvalue weighted by molar-refractivity contribution is 7.09. The fourth-order valence-electron chi connectivity index (χ4n) is 2.28. The fraction of sp³-hybridized carbons (Fsp3) is 0.471. The van der Waals surface area contributed by atoms with Crippen LogP contribution in [0.5, 0.6) is 0 Å². The van der Waals surface area contributed by atoms with Crippen molar-refractivity contribution in [3.63, 3.8) is 0 Å². The van der Waals surface area contributed by atoms with Gasteiger partial charge in [0.15, 0.2) is 0 Å². The average Bonchev–Trinajstić information content (AvgIpc) is 2.81. The quantitative estimate of drug-likeness (QED) is 0.866. The predicted octanol–water partition coefficient (Wildman–Crippen LogP) is 4.08. The van der Waals surface area contributed by atoms with Crippen molar-refractivity contribution in [3.05, 3.63) is 51.5 Å². The topological polar surface area (TPSA) is 24.9 Å². The lowest BCUT2D eigenvalue weighted by Crippen LogP contribution is -2.29. The molecule has 2 rings (SSSR count). The molecule has 1 N–H and O–H groups in total. The molecule has 1 heterocycles. The minimum Gasteiger partial charge on any atom is -0.314 e. The first kappa shape index (κ1) is 15.2. The lowest BCUT2D eigenvalue weighted by atomic mass is 9.93. The SMILES string of the molecule is Cc1ccc(C(CNC(C)C)Cc2csc(C)n2)cc1. The maximum Gasteiger partial charge on any atom is 0.0897 e. The van der Waals surface area contributed by atoms with Crippen molar-refractivity contribution < 1.29 is 0 Å². The van der Waals surface area contributed by atoms with E-state index in [1.165, 1.54) is 16.8 Å². The van der Waals surface area contributed by atoms with E-state index in [9.17, 15) is 0 Å². The van der Waals surface area contributed by atoms with Crippen molar-refractivity contribution in [1.29, 1.82) is 0 Å². The van der Waals surface area contributed by atoms with Crippen molar-refractivity contribution >= 4 is 11.3 Å². The molecule has 0 fully saturated rings. The molecule has 2 aromatic rings. The van der Waals surface area contributed by atoms with E-state index in [1.807, 2.05) is 0 Å². The van der Waals surface area contributed by atoms with Gasteiger partial charge in [0.2, 0.25) is 0 Å². The molecule has 0 aliphatic heterocycles. The Labute approximate surface area is 126 Å². The zero-order chi connectivity index (χ0) is 14.5. The first-order valence-corrected chi connectivity index (χ1v) is 8.13. The summed E-state index contributed by atoms with van der Waals surface area (Å²) in [5.74, 6) is 0.486. The Kier molecular flexibility index (Phi) is 5.32. The average molecular weight is 288 g/mol. The summed E-state index contributed by atoms with van der Waals surface area (Å²) in [4.78, 5) is 4.61. The van der Waals surface area contributed by atoms with Crippen LogP contribution in [0.1, 0.15) is 41.6 Å².